The Bertz CT molecular complexity index is 550. The van der Waals surface area contributed by atoms with E-state index in [2.05, 4.69) is 0 Å². The summed E-state index contributed by atoms with van der Waals surface area (Å²) >= 11 is 0. The fraction of sp³-hybridized carbons (Fsp3) is 0.286. The van der Waals surface area contributed by atoms with Crippen molar-refractivity contribution >= 4 is 18.0 Å². The monoisotopic (exact) mass is 296 g/mol. The minimum absolute atomic E-state index is 0.259. The molecule has 21 heavy (non-hydrogen) atoms. The van der Waals surface area contributed by atoms with Crippen molar-refractivity contribution in [1.29, 1.82) is 0 Å². The van der Waals surface area contributed by atoms with Gasteiger partial charge in [-0.2, -0.15) is 0 Å². The van der Waals surface area contributed by atoms with Gasteiger partial charge in [0.1, 0.15) is 11.9 Å². The van der Waals surface area contributed by atoms with Crippen LogP contribution < -0.4 is 4.74 Å². The lowest BCUT2D eigenvalue weighted by molar-refractivity contribution is -0.141. The molecule has 2 unspecified atom stereocenters. The number of rotatable bonds is 7. The summed E-state index contributed by atoms with van der Waals surface area (Å²) < 4.78 is 5.05. The van der Waals surface area contributed by atoms with Gasteiger partial charge in [-0.1, -0.05) is 6.07 Å². The minimum Gasteiger partial charge on any atom is -0.496 e. The summed E-state index contributed by atoms with van der Waals surface area (Å²) in [5, 5.41) is 36.7. The topological polar surface area (TPSA) is 124 Å². The van der Waals surface area contributed by atoms with Crippen LogP contribution in [0.15, 0.2) is 24.3 Å². The van der Waals surface area contributed by atoms with Gasteiger partial charge in [0.05, 0.1) is 19.6 Å². The number of aliphatic hydroxyl groups is 2. The maximum Gasteiger partial charge on any atom is 0.328 e. The van der Waals surface area contributed by atoms with Crippen LogP contribution in [0.2, 0.25) is 0 Å². The van der Waals surface area contributed by atoms with Crippen LogP contribution in [0.1, 0.15) is 23.7 Å². The molecule has 0 saturated carbocycles. The molecule has 1 rings (SSSR count). The summed E-state index contributed by atoms with van der Waals surface area (Å²) in [5.74, 6) is -1.99. The van der Waals surface area contributed by atoms with E-state index in [1.807, 2.05) is 0 Å². The summed E-state index contributed by atoms with van der Waals surface area (Å²) in [5.41, 5.74) is 0.647. The average Bonchev–Trinajstić information content (AvgIpc) is 2.43. The maximum absolute atomic E-state index is 10.5. The van der Waals surface area contributed by atoms with Crippen molar-refractivity contribution in [2.45, 2.75) is 18.6 Å². The van der Waals surface area contributed by atoms with E-state index in [1.165, 1.54) is 31.4 Å². The number of aliphatic carboxylic acids is 2. The van der Waals surface area contributed by atoms with E-state index >= 15 is 0 Å². The maximum atomic E-state index is 10.5. The van der Waals surface area contributed by atoms with Gasteiger partial charge in [0.2, 0.25) is 0 Å². The molecule has 0 aliphatic carbocycles. The summed E-state index contributed by atoms with van der Waals surface area (Å²) in [7, 11) is 1.41. The third kappa shape index (κ3) is 4.90. The first-order valence-corrected chi connectivity index (χ1v) is 6.02. The van der Waals surface area contributed by atoms with Gasteiger partial charge in [-0.25, -0.2) is 4.79 Å². The molecule has 1 aromatic carbocycles. The second-order valence-electron chi connectivity index (χ2n) is 4.28. The number of benzene rings is 1. The molecular formula is C14H16O7. The number of carboxylic acid groups (broad SMARTS) is 2. The van der Waals surface area contributed by atoms with Crippen LogP contribution >= 0.6 is 0 Å². The van der Waals surface area contributed by atoms with Crippen molar-refractivity contribution in [3.63, 3.8) is 0 Å². The molecular weight excluding hydrogens is 280 g/mol. The smallest absolute Gasteiger partial charge is 0.328 e. The summed E-state index contributed by atoms with van der Waals surface area (Å²) in [4.78, 5) is 21.1. The lowest BCUT2D eigenvalue weighted by Crippen LogP contribution is -2.21. The Morgan fingerprint density at radius 2 is 1.95 bits per heavy atom. The number of hydrogen-bond acceptors (Lipinski definition) is 5. The number of aliphatic hydroxyl groups excluding tert-OH is 2. The SMILES string of the molecule is COc1ccc(C(O)C(O)CC(=O)O)cc1/C=C/C(=O)O. The highest BCUT2D eigenvalue weighted by Gasteiger charge is 2.21. The normalized spacial score (nSPS) is 13.9. The molecule has 1 aromatic rings. The number of hydrogen-bond donors (Lipinski definition) is 4. The van der Waals surface area contributed by atoms with Gasteiger partial charge in [0, 0.05) is 11.6 Å². The van der Waals surface area contributed by atoms with Crippen molar-refractivity contribution in [3.8, 4) is 5.75 Å². The van der Waals surface area contributed by atoms with E-state index in [4.69, 9.17) is 14.9 Å². The molecule has 0 aliphatic rings. The summed E-state index contributed by atoms with van der Waals surface area (Å²) in [6.07, 6.45) is -1.29. The number of ether oxygens (including phenoxy) is 1. The third-order valence-corrected chi connectivity index (χ3v) is 2.75. The predicted molar refractivity (Wildman–Crippen MR) is 72.9 cm³/mol. The lowest BCUT2D eigenvalue weighted by Gasteiger charge is -2.17. The van der Waals surface area contributed by atoms with Crippen LogP contribution in [0.3, 0.4) is 0 Å². The first-order valence-electron chi connectivity index (χ1n) is 6.02. The molecule has 0 spiro atoms. The fourth-order valence-corrected chi connectivity index (χ4v) is 1.74. The second kappa shape index (κ2) is 7.41. The molecule has 0 aliphatic heterocycles. The van der Waals surface area contributed by atoms with E-state index in [9.17, 15) is 19.8 Å². The largest absolute Gasteiger partial charge is 0.496 e. The van der Waals surface area contributed by atoms with Gasteiger partial charge in [-0.3, -0.25) is 4.79 Å². The Hall–Kier alpha value is -2.38. The fourth-order valence-electron chi connectivity index (χ4n) is 1.74. The van der Waals surface area contributed by atoms with Crippen LogP contribution in [0.25, 0.3) is 6.08 Å². The molecule has 4 N–H and O–H groups in total. The Labute approximate surface area is 120 Å². The number of carboxylic acids is 2. The zero-order valence-corrected chi connectivity index (χ0v) is 11.3. The molecule has 114 valence electrons. The molecule has 2 atom stereocenters. The Balaban J connectivity index is 3.06. The van der Waals surface area contributed by atoms with Gasteiger partial charge >= 0.3 is 11.9 Å². The Kier molecular flexibility index (Phi) is 5.89. The van der Waals surface area contributed by atoms with Crippen molar-refractivity contribution in [3.05, 3.63) is 35.4 Å². The summed E-state index contributed by atoms with van der Waals surface area (Å²) in [6.45, 7) is 0. The van der Waals surface area contributed by atoms with Crippen LogP contribution in [0.5, 0.6) is 5.75 Å². The Morgan fingerprint density at radius 1 is 1.29 bits per heavy atom. The van der Waals surface area contributed by atoms with Crippen LogP contribution in [-0.2, 0) is 9.59 Å². The molecule has 0 amide bonds. The molecule has 0 heterocycles. The van der Waals surface area contributed by atoms with Crippen molar-refractivity contribution in [2.24, 2.45) is 0 Å². The first kappa shape index (κ1) is 16.7. The van der Waals surface area contributed by atoms with Gasteiger partial charge in [-0.15, -0.1) is 0 Å². The van der Waals surface area contributed by atoms with Crippen LogP contribution in [0.4, 0.5) is 0 Å². The second-order valence-corrected chi connectivity index (χ2v) is 4.28. The molecule has 0 aromatic heterocycles. The molecule has 7 nitrogen and oxygen atoms in total. The minimum atomic E-state index is -1.47. The molecule has 0 saturated heterocycles. The predicted octanol–water partition coefficient (Wildman–Crippen LogP) is 0.662. The highest BCUT2D eigenvalue weighted by molar-refractivity contribution is 5.86. The van der Waals surface area contributed by atoms with Crippen molar-refractivity contribution in [2.75, 3.05) is 7.11 Å². The average molecular weight is 296 g/mol. The summed E-state index contributed by atoms with van der Waals surface area (Å²) in [6, 6.07) is 4.38. The zero-order valence-electron chi connectivity index (χ0n) is 11.3. The van der Waals surface area contributed by atoms with E-state index < -0.39 is 30.6 Å². The van der Waals surface area contributed by atoms with Crippen LogP contribution in [-0.4, -0.2) is 45.6 Å². The molecule has 0 radical (unpaired) electrons. The van der Waals surface area contributed by atoms with Crippen LogP contribution in [0, 0.1) is 0 Å². The lowest BCUT2D eigenvalue weighted by atomic mass is 9.99. The molecule has 0 fully saturated rings. The van der Waals surface area contributed by atoms with Crippen molar-refractivity contribution in [1.82, 2.24) is 0 Å². The number of carbonyl (C=O) groups is 2. The first-order chi connectivity index (χ1) is 9.85. The van der Waals surface area contributed by atoms with E-state index in [1.54, 1.807) is 0 Å². The van der Waals surface area contributed by atoms with E-state index in [-0.39, 0.29) is 5.56 Å². The highest BCUT2D eigenvalue weighted by Crippen LogP contribution is 2.26. The van der Waals surface area contributed by atoms with Gasteiger partial charge in [-0.05, 0) is 23.8 Å². The van der Waals surface area contributed by atoms with E-state index in [0.717, 1.165) is 6.08 Å². The Morgan fingerprint density at radius 3 is 2.48 bits per heavy atom. The molecule has 0 bridgehead atoms. The standard InChI is InChI=1S/C14H16O7/c1-21-11-4-2-9(6-8(11)3-5-12(16)17)14(20)10(15)7-13(18)19/h2-6,10,14-15,20H,7H2,1H3,(H,16,17)(H,18,19)/b5-3+. The van der Waals surface area contributed by atoms with Gasteiger partial charge < -0.3 is 25.2 Å². The van der Waals surface area contributed by atoms with Crippen molar-refractivity contribution < 1.29 is 34.8 Å². The van der Waals surface area contributed by atoms with Gasteiger partial charge in [0.15, 0.2) is 0 Å². The van der Waals surface area contributed by atoms with E-state index in [0.29, 0.717) is 11.3 Å². The quantitative estimate of drug-likeness (QED) is 0.545. The zero-order chi connectivity index (χ0) is 16.0. The molecule has 7 heteroatoms. The third-order valence-electron chi connectivity index (χ3n) is 2.75. The highest BCUT2D eigenvalue weighted by atomic mass is 16.5. The van der Waals surface area contributed by atoms with Gasteiger partial charge in [0.25, 0.3) is 0 Å². The number of methoxy groups -OCH3 is 1.